The molecule has 244 valence electrons. The minimum Gasteiger partial charge on any atom is -0.394 e. The summed E-state index contributed by atoms with van der Waals surface area (Å²) in [5, 5.41) is 54.3. The van der Waals surface area contributed by atoms with E-state index in [9.17, 15) is 30.3 Å². The number of ether oxygens (including phenoxy) is 1. The molecular weight excluding hydrogens is 544 g/mol. The summed E-state index contributed by atoms with van der Waals surface area (Å²) in [7, 11) is 0. The first-order chi connectivity index (χ1) is 20.0. The quantitative estimate of drug-likeness (QED) is 0.302. The summed E-state index contributed by atoms with van der Waals surface area (Å²) in [6.07, 6.45) is 2.03. The Labute approximate surface area is 258 Å². The maximum Gasteiger partial charge on any atom is 0.138 e. The van der Waals surface area contributed by atoms with Crippen molar-refractivity contribution >= 4 is 5.78 Å². The third-order valence-electron chi connectivity index (χ3n) is 15.7. The van der Waals surface area contributed by atoms with E-state index in [-0.39, 0.29) is 33.5 Å². The number of fused-ring (bicyclic) bond motifs is 7. The maximum absolute atomic E-state index is 13.1. The summed E-state index contributed by atoms with van der Waals surface area (Å²) in [6, 6.07) is 0. The molecule has 7 nitrogen and oxygen atoms in total. The highest BCUT2D eigenvalue weighted by atomic mass is 16.6. The van der Waals surface area contributed by atoms with Gasteiger partial charge >= 0.3 is 0 Å². The first-order valence-electron chi connectivity index (χ1n) is 17.2. The summed E-state index contributed by atoms with van der Waals surface area (Å²) in [6.45, 7) is 18.0. The van der Waals surface area contributed by atoms with Crippen LogP contribution in [0, 0.1) is 56.7 Å². The van der Waals surface area contributed by atoms with Gasteiger partial charge in [0.05, 0.1) is 12.7 Å². The van der Waals surface area contributed by atoms with E-state index in [1.165, 1.54) is 0 Å². The number of carbonyl (C=O) groups is 1. The molecule has 7 heteroatoms. The zero-order valence-electron chi connectivity index (χ0n) is 27.4. The predicted molar refractivity (Wildman–Crippen MR) is 164 cm³/mol. The van der Waals surface area contributed by atoms with E-state index in [0.29, 0.717) is 30.0 Å². The Kier molecular flexibility index (Phi) is 7.72. The molecule has 0 amide bonds. The van der Waals surface area contributed by atoms with Gasteiger partial charge in [-0.1, -0.05) is 46.8 Å². The SMILES string of the molecule is C=C(C)[C@@H]1CC[C@]2(C(O)[C@@H]3OC(CO)[C@@H](O)[C@H](O)C3O)CC[C@]3(C)C(CCC4[C@@]5(C)CCC(=O)C(C)(C)C5CC[C@]43C)C12. The molecule has 5 N–H and O–H groups in total. The highest BCUT2D eigenvalue weighted by Gasteiger charge is 2.72. The van der Waals surface area contributed by atoms with Gasteiger partial charge in [0.25, 0.3) is 0 Å². The van der Waals surface area contributed by atoms with E-state index < -0.39 is 48.6 Å². The van der Waals surface area contributed by atoms with Crippen LogP contribution >= 0.6 is 0 Å². The summed E-state index contributed by atoms with van der Waals surface area (Å²) in [5.41, 5.74) is 0.654. The van der Waals surface area contributed by atoms with Crippen LogP contribution in [0.3, 0.4) is 0 Å². The highest BCUT2D eigenvalue weighted by molar-refractivity contribution is 5.85. The van der Waals surface area contributed by atoms with Crippen LogP contribution in [0.5, 0.6) is 0 Å². The molecule has 5 aliphatic carbocycles. The zero-order valence-corrected chi connectivity index (χ0v) is 27.4. The Hall–Kier alpha value is -0.830. The number of aliphatic hydroxyl groups excluding tert-OH is 5. The minimum absolute atomic E-state index is 0.0524. The van der Waals surface area contributed by atoms with Gasteiger partial charge < -0.3 is 30.3 Å². The van der Waals surface area contributed by atoms with Crippen LogP contribution in [0.15, 0.2) is 12.2 Å². The lowest BCUT2D eigenvalue weighted by Gasteiger charge is -2.72. The average molecular weight is 603 g/mol. The van der Waals surface area contributed by atoms with Crippen molar-refractivity contribution in [1.82, 2.24) is 0 Å². The molecule has 0 aromatic heterocycles. The molecule has 1 heterocycles. The molecule has 0 aromatic carbocycles. The van der Waals surface area contributed by atoms with E-state index in [1.54, 1.807) is 0 Å². The third kappa shape index (κ3) is 4.10. The molecule has 7 unspecified atom stereocenters. The second-order valence-electron chi connectivity index (χ2n) is 17.3. The summed E-state index contributed by atoms with van der Waals surface area (Å²) < 4.78 is 6.00. The number of allylic oxidation sites excluding steroid dienone is 1. The lowest BCUT2D eigenvalue weighted by atomic mass is 9.32. The van der Waals surface area contributed by atoms with Gasteiger partial charge in [0.2, 0.25) is 0 Å². The smallest absolute Gasteiger partial charge is 0.138 e. The van der Waals surface area contributed by atoms with Gasteiger partial charge in [-0.3, -0.25) is 4.79 Å². The Morgan fingerprint density at radius 3 is 2.23 bits per heavy atom. The van der Waals surface area contributed by atoms with Crippen molar-refractivity contribution in [3.8, 4) is 0 Å². The van der Waals surface area contributed by atoms with Crippen LogP contribution in [0.4, 0.5) is 0 Å². The number of Topliss-reactive ketones (excluding diaryl/α,β-unsaturated/α-hetero) is 1. The van der Waals surface area contributed by atoms with Crippen LogP contribution in [0.25, 0.3) is 0 Å². The average Bonchev–Trinajstić information content (AvgIpc) is 3.35. The number of ketones is 1. The van der Waals surface area contributed by atoms with E-state index in [2.05, 4.69) is 48.1 Å². The molecule has 0 aromatic rings. The van der Waals surface area contributed by atoms with Crippen molar-refractivity contribution in [3.05, 3.63) is 12.2 Å². The Bertz CT molecular complexity index is 1130. The van der Waals surface area contributed by atoms with Gasteiger partial charge in [-0.25, -0.2) is 0 Å². The largest absolute Gasteiger partial charge is 0.394 e. The number of rotatable bonds is 4. The summed E-state index contributed by atoms with van der Waals surface area (Å²) in [5.74, 6) is 2.16. The van der Waals surface area contributed by atoms with E-state index >= 15 is 0 Å². The summed E-state index contributed by atoms with van der Waals surface area (Å²) in [4.78, 5) is 13.1. The summed E-state index contributed by atoms with van der Waals surface area (Å²) >= 11 is 0. The van der Waals surface area contributed by atoms with Crippen molar-refractivity contribution in [1.29, 1.82) is 0 Å². The fourth-order valence-corrected chi connectivity index (χ4v) is 13.2. The second-order valence-corrected chi connectivity index (χ2v) is 17.3. The van der Waals surface area contributed by atoms with E-state index in [4.69, 9.17) is 4.74 Å². The molecule has 6 rings (SSSR count). The number of aliphatic hydroxyl groups is 5. The van der Waals surface area contributed by atoms with Gasteiger partial charge in [0.1, 0.15) is 36.3 Å². The third-order valence-corrected chi connectivity index (χ3v) is 15.7. The van der Waals surface area contributed by atoms with Gasteiger partial charge in [0.15, 0.2) is 0 Å². The zero-order chi connectivity index (χ0) is 31.5. The molecule has 1 saturated heterocycles. The van der Waals surface area contributed by atoms with Crippen LogP contribution < -0.4 is 0 Å². The topological polar surface area (TPSA) is 127 Å². The Balaban J connectivity index is 1.37. The van der Waals surface area contributed by atoms with E-state index in [0.717, 1.165) is 63.4 Å². The second kappa shape index (κ2) is 10.3. The maximum atomic E-state index is 13.1. The monoisotopic (exact) mass is 602 g/mol. The number of carbonyl (C=O) groups excluding carboxylic acids is 1. The van der Waals surface area contributed by atoms with Crippen LogP contribution in [-0.4, -0.2) is 74.5 Å². The van der Waals surface area contributed by atoms with Crippen LogP contribution in [0.2, 0.25) is 0 Å². The molecule has 5 saturated carbocycles. The van der Waals surface area contributed by atoms with E-state index in [1.807, 2.05) is 0 Å². The normalized spacial score (nSPS) is 55.0. The van der Waals surface area contributed by atoms with Crippen LogP contribution in [0.1, 0.15) is 106 Å². The molecule has 6 aliphatic rings. The van der Waals surface area contributed by atoms with Gasteiger partial charge in [0, 0.05) is 17.3 Å². The molecule has 0 bridgehead atoms. The highest BCUT2D eigenvalue weighted by Crippen LogP contribution is 2.77. The molecule has 15 atom stereocenters. The van der Waals surface area contributed by atoms with Crippen molar-refractivity contribution in [3.63, 3.8) is 0 Å². The Morgan fingerprint density at radius 2 is 1.58 bits per heavy atom. The fraction of sp³-hybridized carbons (Fsp3) is 0.917. The van der Waals surface area contributed by atoms with Crippen LogP contribution in [-0.2, 0) is 9.53 Å². The number of hydrogen-bond acceptors (Lipinski definition) is 7. The first kappa shape index (κ1) is 32.1. The van der Waals surface area contributed by atoms with Gasteiger partial charge in [-0.05, 0) is 111 Å². The molecule has 1 aliphatic heterocycles. The first-order valence-corrected chi connectivity index (χ1v) is 17.2. The lowest BCUT2D eigenvalue weighted by Crippen LogP contribution is -2.69. The predicted octanol–water partition coefficient (Wildman–Crippen LogP) is 4.42. The van der Waals surface area contributed by atoms with Gasteiger partial charge in [-0.15, -0.1) is 0 Å². The molecule has 0 radical (unpaired) electrons. The standard InChI is InChI=1S/C36H58O7/c1-19(2)20-10-15-36(31(42)30-29(41)28(40)27(39)22(18-37)43-30)17-16-34(6)21(26(20)36)8-9-24-33(5)13-12-25(38)32(3,4)23(33)11-14-35(24,34)7/h20-24,26-31,37,39-42H,1,8-18H2,2-7H3/t20-,21?,22?,23?,24?,26?,27+,28-,29?,30+,31?,33-,34+,35+,36-/m0/s1. The van der Waals surface area contributed by atoms with Gasteiger partial charge in [-0.2, -0.15) is 0 Å². The fourth-order valence-electron chi connectivity index (χ4n) is 13.2. The number of hydrogen-bond donors (Lipinski definition) is 5. The lowest BCUT2D eigenvalue weighted by molar-refractivity contribution is -0.281. The molecular formula is C36H58O7. The van der Waals surface area contributed by atoms with Crippen molar-refractivity contribution in [2.24, 2.45) is 56.7 Å². The molecule has 43 heavy (non-hydrogen) atoms. The van der Waals surface area contributed by atoms with Crippen molar-refractivity contribution in [2.45, 2.75) is 142 Å². The molecule has 6 fully saturated rings. The van der Waals surface area contributed by atoms with Crippen molar-refractivity contribution in [2.75, 3.05) is 6.61 Å². The minimum atomic E-state index is -1.50. The Morgan fingerprint density at radius 1 is 0.884 bits per heavy atom. The molecule has 0 spiro atoms. The van der Waals surface area contributed by atoms with Crippen molar-refractivity contribution < 1.29 is 35.1 Å².